The largest absolute Gasteiger partial charge is 0.315 e. The maximum absolute atomic E-state index is 11.9. The molecule has 6 nitrogen and oxygen atoms in total. The fourth-order valence-electron chi connectivity index (χ4n) is 1.98. The predicted octanol–water partition coefficient (Wildman–Crippen LogP) is -0.756. The van der Waals surface area contributed by atoms with Gasteiger partial charge in [-0.25, -0.2) is 13.1 Å². The van der Waals surface area contributed by atoms with Gasteiger partial charge < -0.3 is 5.32 Å². The number of sulfonamides is 1. The SMILES string of the molecule is Cn1nccc1CCNS(=O)(=O)C1CCNC1. The molecule has 1 aliphatic rings. The monoisotopic (exact) mass is 258 g/mol. The second kappa shape index (κ2) is 5.16. The Bertz CT molecular complexity index is 462. The van der Waals surface area contributed by atoms with Crippen molar-refractivity contribution in [3.63, 3.8) is 0 Å². The first-order valence-electron chi connectivity index (χ1n) is 5.75. The summed E-state index contributed by atoms with van der Waals surface area (Å²) in [4.78, 5) is 0. The Balaban J connectivity index is 1.84. The highest BCUT2D eigenvalue weighted by Gasteiger charge is 2.27. The van der Waals surface area contributed by atoms with Crippen molar-refractivity contribution in [2.75, 3.05) is 19.6 Å². The zero-order chi connectivity index (χ0) is 12.3. The van der Waals surface area contributed by atoms with Crippen LogP contribution in [0.2, 0.25) is 0 Å². The second-order valence-corrected chi connectivity index (χ2v) is 6.30. The highest BCUT2D eigenvalue weighted by Crippen LogP contribution is 2.08. The van der Waals surface area contributed by atoms with E-state index in [-0.39, 0.29) is 5.25 Å². The molecule has 2 heterocycles. The van der Waals surface area contributed by atoms with Crippen molar-refractivity contribution >= 4 is 10.0 Å². The van der Waals surface area contributed by atoms with Gasteiger partial charge in [-0.1, -0.05) is 0 Å². The molecule has 1 aromatic rings. The fourth-order valence-corrected chi connectivity index (χ4v) is 3.37. The molecule has 2 N–H and O–H groups in total. The molecule has 7 heteroatoms. The molecule has 2 rings (SSSR count). The molecular weight excluding hydrogens is 240 g/mol. The van der Waals surface area contributed by atoms with Crippen molar-refractivity contribution in [2.24, 2.45) is 7.05 Å². The Morgan fingerprint density at radius 3 is 3.06 bits per heavy atom. The minimum Gasteiger partial charge on any atom is -0.315 e. The maximum atomic E-state index is 11.9. The van der Waals surface area contributed by atoms with Gasteiger partial charge in [0.2, 0.25) is 10.0 Å². The molecule has 96 valence electrons. The van der Waals surface area contributed by atoms with Crippen molar-refractivity contribution in [3.05, 3.63) is 18.0 Å². The average molecular weight is 258 g/mol. The minimum atomic E-state index is -3.17. The summed E-state index contributed by atoms with van der Waals surface area (Å²) in [5, 5.41) is 6.81. The summed E-state index contributed by atoms with van der Waals surface area (Å²) >= 11 is 0. The van der Waals surface area contributed by atoms with Gasteiger partial charge in [0.15, 0.2) is 0 Å². The van der Waals surface area contributed by atoms with Gasteiger partial charge in [0.25, 0.3) is 0 Å². The van der Waals surface area contributed by atoms with Crippen LogP contribution in [0.4, 0.5) is 0 Å². The number of nitrogens with zero attached hydrogens (tertiary/aromatic N) is 2. The third-order valence-corrected chi connectivity index (χ3v) is 4.95. The van der Waals surface area contributed by atoms with Crippen LogP contribution >= 0.6 is 0 Å². The highest BCUT2D eigenvalue weighted by molar-refractivity contribution is 7.90. The van der Waals surface area contributed by atoms with Crippen molar-refractivity contribution in [3.8, 4) is 0 Å². The van der Waals surface area contributed by atoms with Gasteiger partial charge in [-0.05, 0) is 19.0 Å². The average Bonchev–Trinajstić information content (AvgIpc) is 2.90. The quantitative estimate of drug-likeness (QED) is 0.728. The molecule has 0 amide bonds. The summed E-state index contributed by atoms with van der Waals surface area (Å²) in [7, 11) is -1.32. The lowest BCUT2D eigenvalue weighted by Gasteiger charge is -2.11. The Hall–Kier alpha value is -0.920. The second-order valence-electron chi connectivity index (χ2n) is 4.25. The Labute approximate surface area is 101 Å². The molecule has 1 aliphatic heterocycles. The van der Waals surface area contributed by atoms with Gasteiger partial charge in [-0.3, -0.25) is 4.68 Å². The molecule has 0 saturated carbocycles. The van der Waals surface area contributed by atoms with Crippen LogP contribution in [0.3, 0.4) is 0 Å². The molecule has 1 saturated heterocycles. The maximum Gasteiger partial charge on any atom is 0.215 e. The zero-order valence-corrected chi connectivity index (χ0v) is 10.7. The summed E-state index contributed by atoms with van der Waals surface area (Å²) in [6.45, 7) is 1.77. The third kappa shape index (κ3) is 3.05. The highest BCUT2D eigenvalue weighted by atomic mass is 32.2. The normalized spacial score (nSPS) is 20.9. The summed E-state index contributed by atoms with van der Waals surface area (Å²) < 4.78 is 28.2. The molecule has 0 bridgehead atoms. The molecule has 0 aliphatic carbocycles. The summed E-state index contributed by atoms with van der Waals surface area (Å²) in [6.07, 6.45) is 3.07. The van der Waals surface area contributed by atoms with Crippen molar-refractivity contribution in [2.45, 2.75) is 18.1 Å². The molecule has 1 atom stereocenters. The van der Waals surface area contributed by atoms with Crippen molar-refractivity contribution in [1.29, 1.82) is 0 Å². The van der Waals surface area contributed by atoms with E-state index in [2.05, 4.69) is 15.1 Å². The number of aromatic nitrogens is 2. The van der Waals surface area contributed by atoms with E-state index in [0.717, 1.165) is 12.2 Å². The molecule has 1 fully saturated rings. The summed E-state index contributed by atoms with van der Waals surface area (Å²) in [5.74, 6) is 0. The Morgan fingerprint density at radius 2 is 2.47 bits per heavy atom. The predicted molar refractivity (Wildman–Crippen MR) is 65.1 cm³/mol. The molecular formula is C10H18N4O2S. The molecule has 17 heavy (non-hydrogen) atoms. The van der Waals surface area contributed by atoms with Crippen LogP contribution in [0.15, 0.2) is 12.3 Å². The number of hydrogen-bond acceptors (Lipinski definition) is 4. The van der Waals surface area contributed by atoms with E-state index in [1.54, 1.807) is 10.9 Å². The van der Waals surface area contributed by atoms with Gasteiger partial charge in [-0.15, -0.1) is 0 Å². The van der Waals surface area contributed by atoms with E-state index in [9.17, 15) is 8.42 Å². The molecule has 1 unspecified atom stereocenters. The fraction of sp³-hybridized carbons (Fsp3) is 0.700. The van der Waals surface area contributed by atoms with Crippen LogP contribution in [0, 0.1) is 0 Å². The molecule has 0 radical (unpaired) electrons. The standard InChI is InChI=1S/C10H18N4O2S/c1-14-9(2-6-12-14)3-7-13-17(15,16)10-4-5-11-8-10/h2,6,10-11,13H,3-5,7-8H2,1H3. The topological polar surface area (TPSA) is 76.0 Å². The lowest BCUT2D eigenvalue weighted by molar-refractivity contribution is 0.566. The van der Waals surface area contributed by atoms with E-state index in [1.165, 1.54) is 0 Å². The minimum absolute atomic E-state index is 0.283. The number of hydrogen-bond donors (Lipinski definition) is 2. The van der Waals surface area contributed by atoms with Crippen LogP contribution in [0.1, 0.15) is 12.1 Å². The van der Waals surface area contributed by atoms with E-state index in [0.29, 0.717) is 25.9 Å². The van der Waals surface area contributed by atoms with Crippen molar-refractivity contribution < 1.29 is 8.42 Å². The lowest BCUT2D eigenvalue weighted by Crippen LogP contribution is -2.36. The smallest absolute Gasteiger partial charge is 0.215 e. The van der Waals surface area contributed by atoms with Gasteiger partial charge in [-0.2, -0.15) is 5.10 Å². The van der Waals surface area contributed by atoms with E-state index < -0.39 is 10.0 Å². The van der Waals surface area contributed by atoms with E-state index >= 15 is 0 Å². The van der Waals surface area contributed by atoms with Crippen LogP contribution in [-0.2, 0) is 23.5 Å². The van der Waals surface area contributed by atoms with Crippen molar-refractivity contribution in [1.82, 2.24) is 19.8 Å². The van der Waals surface area contributed by atoms with Gasteiger partial charge >= 0.3 is 0 Å². The van der Waals surface area contributed by atoms with Gasteiger partial charge in [0.1, 0.15) is 0 Å². The number of rotatable bonds is 5. The third-order valence-electron chi connectivity index (χ3n) is 3.06. The van der Waals surface area contributed by atoms with Crippen LogP contribution in [0.25, 0.3) is 0 Å². The van der Waals surface area contributed by atoms with Crippen LogP contribution < -0.4 is 10.0 Å². The lowest BCUT2D eigenvalue weighted by atomic mass is 10.3. The first-order valence-corrected chi connectivity index (χ1v) is 7.30. The molecule has 0 spiro atoms. The molecule has 0 aromatic carbocycles. The molecule has 1 aromatic heterocycles. The van der Waals surface area contributed by atoms with Gasteiger partial charge in [0.05, 0.1) is 5.25 Å². The first kappa shape index (κ1) is 12.5. The summed E-state index contributed by atoms with van der Waals surface area (Å²) in [6, 6.07) is 1.89. The zero-order valence-electron chi connectivity index (χ0n) is 9.89. The van der Waals surface area contributed by atoms with Crippen LogP contribution in [0.5, 0.6) is 0 Å². The number of nitrogens with one attached hydrogen (secondary N) is 2. The van der Waals surface area contributed by atoms with Crippen LogP contribution in [-0.4, -0.2) is 43.1 Å². The first-order chi connectivity index (χ1) is 8.09. The van der Waals surface area contributed by atoms with E-state index in [4.69, 9.17) is 0 Å². The Kier molecular flexibility index (Phi) is 3.80. The summed E-state index contributed by atoms with van der Waals surface area (Å²) in [5.41, 5.74) is 1.03. The van der Waals surface area contributed by atoms with E-state index in [1.807, 2.05) is 13.1 Å². The van der Waals surface area contributed by atoms with Gasteiger partial charge in [0, 0.05) is 38.4 Å². The number of aryl methyl sites for hydroxylation is 1. The Morgan fingerprint density at radius 1 is 1.65 bits per heavy atom.